The molecule has 15 heavy (non-hydrogen) atoms. The summed E-state index contributed by atoms with van der Waals surface area (Å²) in [6.45, 7) is 4.31. The highest BCUT2D eigenvalue weighted by Crippen LogP contribution is 2.24. The van der Waals surface area contributed by atoms with Gasteiger partial charge in [-0.2, -0.15) is 0 Å². The summed E-state index contributed by atoms with van der Waals surface area (Å²) in [4.78, 5) is 8.68. The molecule has 0 aromatic carbocycles. The van der Waals surface area contributed by atoms with E-state index in [-0.39, 0.29) is 0 Å². The van der Waals surface area contributed by atoms with Crippen molar-refractivity contribution in [1.29, 1.82) is 0 Å². The third-order valence-electron chi connectivity index (χ3n) is 2.44. The first-order valence-corrected chi connectivity index (χ1v) is 5.01. The molecule has 0 aliphatic rings. The first kappa shape index (κ1) is 9.90. The van der Waals surface area contributed by atoms with Crippen LogP contribution in [0.5, 0.6) is 5.75 Å². The third-order valence-corrected chi connectivity index (χ3v) is 2.44. The minimum atomic E-state index is 0.455. The van der Waals surface area contributed by atoms with E-state index in [0.717, 1.165) is 16.8 Å². The average molecular weight is 202 g/mol. The predicted molar refractivity (Wildman–Crippen MR) is 60.2 cm³/mol. The first-order chi connectivity index (χ1) is 7.22. The summed E-state index contributed by atoms with van der Waals surface area (Å²) >= 11 is 0. The summed E-state index contributed by atoms with van der Waals surface area (Å²) in [5.74, 6) is 1.20. The Labute approximate surface area is 89.1 Å². The number of aromatic nitrogens is 2. The molecule has 0 spiro atoms. The van der Waals surface area contributed by atoms with Crippen LogP contribution in [0.25, 0.3) is 11.0 Å². The number of hydrogen-bond acceptors (Lipinski definition) is 3. The lowest BCUT2D eigenvalue weighted by atomic mass is 10.0. The van der Waals surface area contributed by atoms with E-state index >= 15 is 0 Å². The van der Waals surface area contributed by atoms with E-state index in [1.165, 1.54) is 5.56 Å². The molecule has 0 unspecified atom stereocenters. The Hall–Kier alpha value is -1.64. The minimum absolute atomic E-state index is 0.455. The molecule has 0 radical (unpaired) electrons. The largest absolute Gasteiger partial charge is 0.495 e. The second kappa shape index (κ2) is 3.85. The van der Waals surface area contributed by atoms with Crippen LogP contribution in [0.2, 0.25) is 0 Å². The van der Waals surface area contributed by atoms with E-state index in [1.54, 1.807) is 13.3 Å². The van der Waals surface area contributed by atoms with Crippen LogP contribution in [-0.2, 0) is 0 Å². The lowest BCUT2D eigenvalue weighted by Crippen LogP contribution is -1.94. The quantitative estimate of drug-likeness (QED) is 0.751. The zero-order chi connectivity index (χ0) is 10.8. The fourth-order valence-corrected chi connectivity index (χ4v) is 1.61. The van der Waals surface area contributed by atoms with Crippen LogP contribution in [0, 0.1) is 0 Å². The molecular weight excluding hydrogens is 188 g/mol. The number of fused-ring (bicyclic) bond motifs is 1. The van der Waals surface area contributed by atoms with Crippen LogP contribution < -0.4 is 4.74 Å². The van der Waals surface area contributed by atoms with Gasteiger partial charge in [-0.15, -0.1) is 0 Å². The molecule has 0 aliphatic heterocycles. The van der Waals surface area contributed by atoms with Crippen molar-refractivity contribution in [2.45, 2.75) is 19.8 Å². The molecular formula is C12H14N2O. The summed E-state index contributed by atoms with van der Waals surface area (Å²) in [5.41, 5.74) is 3.08. The molecule has 0 N–H and O–H groups in total. The monoisotopic (exact) mass is 202 g/mol. The van der Waals surface area contributed by atoms with Crippen molar-refractivity contribution in [2.75, 3.05) is 7.11 Å². The molecule has 2 heterocycles. The molecule has 0 saturated heterocycles. The van der Waals surface area contributed by atoms with Crippen LogP contribution in [-0.4, -0.2) is 17.1 Å². The Morgan fingerprint density at radius 2 is 2.07 bits per heavy atom. The zero-order valence-electron chi connectivity index (χ0n) is 9.19. The molecule has 2 aromatic heterocycles. The van der Waals surface area contributed by atoms with Gasteiger partial charge in [-0.1, -0.05) is 13.8 Å². The number of hydrogen-bond donors (Lipinski definition) is 0. The molecule has 0 atom stereocenters. The van der Waals surface area contributed by atoms with Gasteiger partial charge in [0.2, 0.25) is 0 Å². The van der Waals surface area contributed by atoms with Crippen LogP contribution in [0.3, 0.4) is 0 Å². The number of rotatable bonds is 2. The van der Waals surface area contributed by atoms with E-state index in [2.05, 4.69) is 23.8 Å². The molecule has 0 saturated carbocycles. The fraction of sp³-hybridized carbons (Fsp3) is 0.333. The number of nitrogens with zero attached hydrogens (tertiary/aromatic N) is 2. The van der Waals surface area contributed by atoms with Crippen LogP contribution in [0.15, 0.2) is 24.5 Å². The van der Waals surface area contributed by atoms with Gasteiger partial charge in [-0.05, 0) is 17.5 Å². The van der Waals surface area contributed by atoms with Crippen LogP contribution >= 0.6 is 0 Å². The van der Waals surface area contributed by atoms with E-state index in [9.17, 15) is 0 Å². The maximum absolute atomic E-state index is 5.12. The van der Waals surface area contributed by atoms with Crippen molar-refractivity contribution in [1.82, 2.24) is 9.97 Å². The van der Waals surface area contributed by atoms with E-state index in [4.69, 9.17) is 4.74 Å². The van der Waals surface area contributed by atoms with Gasteiger partial charge in [0.25, 0.3) is 0 Å². The summed E-state index contributed by atoms with van der Waals surface area (Å²) in [6.07, 6.45) is 3.55. The lowest BCUT2D eigenvalue weighted by molar-refractivity contribution is 0.413. The van der Waals surface area contributed by atoms with Gasteiger partial charge in [0.15, 0.2) is 0 Å². The van der Waals surface area contributed by atoms with Crippen molar-refractivity contribution in [3.8, 4) is 5.75 Å². The van der Waals surface area contributed by atoms with E-state index in [0.29, 0.717) is 5.92 Å². The molecule has 0 bridgehead atoms. The first-order valence-electron chi connectivity index (χ1n) is 5.01. The highest BCUT2D eigenvalue weighted by molar-refractivity contribution is 5.79. The number of methoxy groups -OCH3 is 1. The maximum atomic E-state index is 5.12. The standard InChI is InChI=1S/C12H14N2O/c1-8(2)10-4-5-13-11-6-9(15-3)7-14-12(10)11/h4-8H,1-3H3. The second-order valence-electron chi connectivity index (χ2n) is 3.80. The van der Waals surface area contributed by atoms with Crippen molar-refractivity contribution in [2.24, 2.45) is 0 Å². The summed E-state index contributed by atoms with van der Waals surface area (Å²) < 4.78 is 5.12. The second-order valence-corrected chi connectivity index (χ2v) is 3.80. The smallest absolute Gasteiger partial charge is 0.139 e. The third kappa shape index (κ3) is 1.77. The SMILES string of the molecule is COc1cnc2c(C(C)C)ccnc2c1. The molecule has 3 nitrogen and oxygen atoms in total. The van der Waals surface area contributed by atoms with Crippen molar-refractivity contribution in [3.63, 3.8) is 0 Å². The van der Waals surface area contributed by atoms with Gasteiger partial charge in [0, 0.05) is 12.3 Å². The van der Waals surface area contributed by atoms with Gasteiger partial charge < -0.3 is 4.74 Å². The highest BCUT2D eigenvalue weighted by Gasteiger charge is 2.07. The Kier molecular flexibility index (Phi) is 2.54. The summed E-state index contributed by atoms with van der Waals surface area (Å²) in [5, 5.41) is 0. The molecule has 0 amide bonds. The van der Waals surface area contributed by atoms with Crippen molar-refractivity contribution < 1.29 is 4.74 Å². The van der Waals surface area contributed by atoms with Crippen molar-refractivity contribution in [3.05, 3.63) is 30.1 Å². The number of ether oxygens (including phenoxy) is 1. The Morgan fingerprint density at radius 1 is 1.27 bits per heavy atom. The lowest BCUT2D eigenvalue weighted by Gasteiger charge is -2.08. The molecule has 0 fully saturated rings. The molecule has 2 rings (SSSR count). The topological polar surface area (TPSA) is 35.0 Å². The fourth-order valence-electron chi connectivity index (χ4n) is 1.61. The maximum Gasteiger partial charge on any atom is 0.139 e. The normalized spacial score (nSPS) is 10.9. The van der Waals surface area contributed by atoms with Crippen LogP contribution in [0.1, 0.15) is 25.3 Å². The molecule has 78 valence electrons. The minimum Gasteiger partial charge on any atom is -0.495 e. The Balaban J connectivity index is 2.67. The Bertz CT molecular complexity index is 480. The molecule has 3 heteroatoms. The Morgan fingerprint density at radius 3 is 2.73 bits per heavy atom. The van der Waals surface area contributed by atoms with Gasteiger partial charge in [0.1, 0.15) is 5.75 Å². The molecule has 2 aromatic rings. The summed E-state index contributed by atoms with van der Waals surface area (Å²) in [6, 6.07) is 3.93. The van der Waals surface area contributed by atoms with Gasteiger partial charge in [0.05, 0.1) is 24.3 Å². The average Bonchev–Trinajstić information content (AvgIpc) is 2.27. The van der Waals surface area contributed by atoms with Crippen molar-refractivity contribution >= 4 is 11.0 Å². The molecule has 0 aliphatic carbocycles. The predicted octanol–water partition coefficient (Wildman–Crippen LogP) is 2.76. The summed E-state index contributed by atoms with van der Waals surface area (Å²) in [7, 11) is 1.63. The van der Waals surface area contributed by atoms with Gasteiger partial charge >= 0.3 is 0 Å². The highest BCUT2D eigenvalue weighted by atomic mass is 16.5. The van der Waals surface area contributed by atoms with E-state index in [1.807, 2.05) is 18.3 Å². The van der Waals surface area contributed by atoms with Gasteiger partial charge in [-0.25, -0.2) is 0 Å². The zero-order valence-corrected chi connectivity index (χ0v) is 9.19. The van der Waals surface area contributed by atoms with Crippen LogP contribution in [0.4, 0.5) is 0 Å². The van der Waals surface area contributed by atoms with E-state index < -0.39 is 0 Å². The van der Waals surface area contributed by atoms with Gasteiger partial charge in [-0.3, -0.25) is 9.97 Å². The number of pyridine rings is 2.